The highest BCUT2D eigenvalue weighted by molar-refractivity contribution is 7.98. The number of benzene rings is 1. The normalized spacial score (nSPS) is 10.8. The summed E-state index contributed by atoms with van der Waals surface area (Å²) in [6.45, 7) is -0.169. The van der Waals surface area contributed by atoms with Gasteiger partial charge in [-0.2, -0.15) is 0 Å². The second-order valence-electron chi connectivity index (χ2n) is 5.98. The Kier molecular flexibility index (Phi) is 5.25. The molecule has 1 N–H and O–H groups in total. The second kappa shape index (κ2) is 8.15. The molecule has 4 aromatic rings. The highest BCUT2D eigenvalue weighted by Crippen LogP contribution is 2.19. The predicted molar refractivity (Wildman–Crippen MR) is 109 cm³/mol. The Morgan fingerprint density at radius 1 is 1.17 bits per heavy atom. The molecule has 0 spiro atoms. The van der Waals surface area contributed by atoms with Crippen molar-refractivity contribution in [3.8, 4) is 11.5 Å². The molecule has 144 valence electrons. The third-order valence-electron chi connectivity index (χ3n) is 4.04. The van der Waals surface area contributed by atoms with E-state index in [4.69, 9.17) is 0 Å². The van der Waals surface area contributed by atoms with Gasteiger partial charge in [0.1, 0.15) is 24.0 Å². The van der Waals surface area contributed by atoms with Crippen molar-refractivity contribution in [2.45, 2.75) is 11.4 Å². The average molecular weight is 405 g/mol. The third-order valence-corrected chi connectivity index (χ3v) is 4.76. The van der Waals surface area contributed by atoms with E-state index in [0.717, 1.165) is 4.90 Å². The van der Waals surface area contributed by atoms with E-state index in [-0.39, 0.29) is 23.5 Å². The number of carbonyl (C=O) groups excluding carboxylic acids is 1. The maximum atomic E-state index is 12.7. The van der Waals surface area contributed by atoms with Gasteiger partial charge in [0.15, 0.2) is 11.5 Å². The van der Waals surface area contributed by atoms with Crippen molar-refractivity contribution >= 4 is 34.4 Å². The maximum absolute atomic E-state index is 12.7. The zero-order chi connectivity index (χ0) is 20.2. The van der Waals surface area contributed by atoms with Crippen LogP contribution in [0.5, 0.6) is 0 Å². The minimum Gasteiger partial charge on any atom is -0.324 e. The summed E-state index contributed by atoms with van der Waals surface area (Å²) in [5.74, 6) is -0.00901. The fourth-order valence-corrected chi connectivity index (χ4v) is 3.12. The summed E-state index contributed by atoms with van der Waals surface area (Å²) in [6.07, 6.45) is 9.25. The Morgan fingerprint density at radius 2 is 2.07 bits per heavy atom. The van der Waals surface area contributed by atoms with Gasteiger partial charge < -0.3 is 5.32 Å². The summed E-state index contributed by atoms with van der Waals surface area (Å²) < 4.78 is 1.22. The molecule has 0 saturated carbocycles. The molecule has 3 heterocycles. The molecule has 0 radical (unpaired) electrons. The molecule has 0 saturated heterocycles. The van der Waals surface area contributed by atoms with Gasteiger partial charge in [-0.05, 0) is 24.5 Å². The number of aromatic nitrogens is 6. The highest BCUT2D eigenvalue weighted by Gasteiger charge is 2.12. The zero-order valence-corrected chi connectivity index (χ0v) is 16.1. The first-order chi connectivity index (χ1) is 14.1. The van der Waals surface area contributed by atoms with Crippen molar-refractivity contribution in [1.29, 1.82) is 0 Å². The van der Waals surface area contributed by atoms with Crippen LogP contribution < -0.4 is 10.9 Å². The summed E-state index contributed by atoms with van der Waals surface area (Å²) in [7, 11) is 0. The van der Waals surface area contributed by atoms with Gasteiger partial charge in [-0.1, -0.05) is 6.07 Å². The van der Waals surface area contributed by atoms with Crippen molar-refractivity contribution in [3.63, 3.8) is 0 Å². The van der Waals surface area contributed by atoms with E-state index in [1.165, 1.54) is 29.5 Å². The van der Waals surface area contributed by atoms with E-state index in [1.807, 2.05) is 24.5 Å². The van der Waals surface area contributed by atoms with Gasteiger partial charge in [-0.3, -0.25) is 19.1 Å². The van der Waals surface area contributed by atoms with Crippen LogP contribution in [0.15, 0.2) is 65.1 Å². The van der Waals surface area contributed by atoms with Gasteiger partial charge in [0.2, 0.25) is 5.91 Å². The minimum absolute atomic E-state index is 0.169. The van der Waals surface area contributed by atoms with Crippen molar-refractivity contribution in [3.05, 3.63) is 65.7 Å². The van der Waals surface area contributed by atoms with E-state index in [1.54, 1.807) is 24.0 Å². The Labute approximate surface area is 169 Å². The molecule has 10 heteroatoms. The minimum atomic E-state index is -0.395. The molecule has 9 nitrogen and oxygen atoms in total. The lowest BCUT2D eigenvalue weighted by molar-refractivity contribution is -0.116. The number of carbonyl (C=O) groups is 1. The summed E-state index contributed by atoms with van der Waals surface area (Å²) in [5.41, 5.74) is 0.983. The molecule has 0 unspecified atom stereocenters. The van der Waals surface area contributed by atoms with Crippen LogP contribution in [-0.2, 0) is 11.3 Å². The molecule has 0 aliphatic rings. The molecule has 0 bridgehead atoms. The van der Waals surface area contributed by atoms with Crippen LogP contribution in [0.3, 0.4) is 0 Å². The summed E-state index contributed by atoms with van der Waals surface area (Å²) in [5, 5.41) is 3.00. The van der Waals surface area contributed by atoms with Crippen molar-refractivity contribution in [2.75, 3.05) is 11.6 Å². The van der Waals surface area contributed by atoms with Gasteiger partial charge in [0, 0.05) is 29.2 Å². The Bertz CT molecular complexity index is 1240. The topological polar surface area (TPSA) is 116 Å². The predicted octanol–water partition coefficient (Wildman–Crippen LogP) is 2.00. The van der Waals surface area contributed by atoms with Crippen molar-refractivity contribution in [2.24, 2.45) is 0 Å². The number of amides is 1. The molecule has 0 aliphatic carbocycles. The van der Waals surface area contributed by atoms with Crippen LogP contribution in [0.2, 0.25) is 0 Å². The van der Waals surface area contributed by atoms with Gasteiger partial charge in [0.05, 0.1) is 6.20 Å². The highest BCUT2D eigenvalue weighted by atomic mass is 32.2. The second-order valence-corrected chi connectivity index (χ2v) is 6.86. The van der Waals surface area contributed by atoms with Gasteiger partial charge in [0.25, 0.3) is 5.56 Å². The fraction of sp³-hybridized carbons (Fsp3) is 0.105. The first-order valence-corrected chi connectivity index (χ1v) is 9.79. The van der Waals surface area contributed by atoms with Crippen LogP contribution in [-0.4, -0.2) is 41.6 Å². The standard InChI is InChI=1S/C19H15N7O2S/c1-29-13-4-2-3-12(7-13)24-16(27)10-26-11-23-17-14(19(26)28)8-22-18(25-17)15-9-20-5-6-21-15/h2-9,11H,10H2,1H3,(H,24,27). The van der Waals surface area contributed by atoms with E-state index in [2.05, 4.69) is 30.2 Å². The smallest absolute Gasteiger partial charge is 0.264 e. The lowest BCUT2D eigenvalue weighted by Crippen LogP contribution is -2.28. The Morgan fingerprint density at radius 3 is 2.86 bits per heavy atom. The van der Waals surface area contributed by atoms with Crippen molar-refractivity contribution < 1.29 is 4.79 Å². The Balaban J connectivity index is 1.57. The molecule has 3 aromatic heterocycles. The number of fused-ring (bicyclic) bond motifs is 1. The largest absolute Gasteiger partial charge is 0.324 e. The molecule has 1 amide bonds. The number of hydrogen-bond donors (Lipinski definition) is 1. The Hall–Kier alpha value is -3.66. The molecule has 29 heavy (non-hydrogen) atoms. The van der Waals surface area contributed by atoms with E-state index < -0.39 is 5.56 Å². The van der Waals surface area contributed by atoms with Crippen LogP contribution >= 0.6 is 11.8 Å². The molecular formula is C19H15N7O2S. The van der Waals surface area contributed by atoms with Crippen LogP contribution in [0, 0.1) is 0 Å². The summed E-state index contributed by atoms with van der Waals surface area (Å²) in [4.78, 5) is 46.8. The van der Waals surface area contributed by atoms with Gasteiger partial charge in [-0.15, -0.1) is 11.8 Å². The van der Waals surface area contributed by atoms with Gasteiger partial charge in [-0.25, -0.2) is 19.9 Å². The number of hydrogen-bond acceptors (Lipinski definition) is 8. The lowest BCUT2D eigenvalue weighted by atomic mass is 10.3. The summed E-state index contributed by atoms with van der Waals surface area (Å²) in [6, 6.07) is 7.47. The first kappa shape index (κ1) is 18.7. The SMILES string of the molecule is CSc1cccc(NC(=O)Cn2cnc3nc(-c4cnccn4)ncc3c2=O)c1. The van der Waals surface area contributed by atoms with E-state index in [9.17, 15) is 9.59 Å². The average Bonchev–Trinajstić information content (AvgIpc) is 2.76. The zero-order valence-electron chi connectivity index (χ0n) is 15.3. The molecule has 0 fully saturated rings. The summed E-state index contributed by atoms with van der Waals surface area (Å²) >= 11 is 1.58. The molecule has 4 rings (SSSR count). The number of thioether (sulfide) groups is 1. The van der Waals surface area contributed by atoms with Crippen LogP contribution in [0.25, 0.3) is 22.6 Å². The van der Waals surface area contributed by atoms with E-state index in [0.29, 0.717) is 17.2 Å². The number of nitrogens with one attached hydrogen (secondary N) is 1. The fourth-order valence-electron chi connectivity index (χ4n) is 2.66. The van der Waals surface area contributed by atoms with Crippen molar-refractivity contribution in [1.82, 2.24) is 29.5 Å². The molecule has 0 aliphatic heterocycles. The van der Waals surface area contributed by atoms with Gasteiger partial charge >= 0.3 is 0 Å². The maximum Gasteiger partial charge on any atom is 0.264 e. The number of rotatable bonds is 5. The molecule has 0 atom stereocenters. The molecule has 1 aromatic carbocycles. The number of anilines is 1. The van der Waals surface area contributed by atoms with Crippen LogP contribution in [0.4, 0.5) is 5.69 Å². The quantitative estimate of drug-likeness (QED) is 0.501. The number of nitrogens with zero attached hydrogens (tertiary/aromatic N) is 6. The molecular weight excluding hydrogens is 390 g/mol. The first-order valence-electron chi connectivity index (χ1n) is 8.56. The third kappa shape index (κ3) is 4.11. The van der Waals surface area contributed by atoms with E-state index >= 15 is 0 Å². The monoisotopic (exact) mass is 405 g/mol. The lowest BCUT2D eigenvalue weighted by Gasteiger charge is -2.09. The van der Waals surface area contributed by atoms with Crippen LogP contribution in [0.1, 0.15) is 0 Å².